The van der Waals surface area contributed by atoms with Crippen LogP contribution in [-0.2, 0) is 28.6 Å². The van der Waals surface area contributed by atoms with E-state index in [-0.39, 0.29) is 43.4 Å². The third kappa shape index (κ3) is 11.1. The molecular weight excluding hydrogens is 457 g/mol. The number of carbonyl (C=O) groups excluding carboxylic acids is 3. The topological polar surface area (TPSA) is 99.1 Å². The quantitative estimate of drug-likeness (QED) is 0.290. The largest absolute Gasteiger partial charge is 0.469 e. The summed E-state index contributed by atoms with van der Waals surface area (Å²) in [5, 5.41) is 9.75. The fourth-order valence-electron chi connectivity index (χ4n) is 2.10. The molecule has 2 unspecified atom stereocenters. The Balaban J connectivity index is 0. The molecule has 1 N–H and O–H groups in total. The van der Waals surface area contributed by atoms with Crippen molar-refractivity contribution in [3.05, 3.63) is 0 Å². The van der Waals surface area contributed by atoms with Crippen LogP contribution in [0.5, 0.6) is 0 Å². The highest BCUT2D eigenvalue weighted by molar-refractivity contribution is 5.77. The van der Waals surface area contributed by atoms with Crippen LogP contribution in [-0.4, -0.2) is 55.6 Å². The smallest absolute Gasteiger partial charge is 0.404 e. The van der Waals surface area contributed by atoms with Crippen LogP contribution in [0.1, 0.15) is 87.5 Å². The number of alkyl halides is 3. The van der Waals surface area contributed by atoms with Gasteiger partial charge in [-0.1, -0.05) is 20.8 Å². The number of aliphatic hydroxyl groups is 1. The minimum Gasteiger partial charge on any atom is -0.469 e. The van der Waals surface area contributed by atoms with Gasteiger partial charge in [-0.15, -0.1) is 0 Å². The molecule has 7 nitrogen and oxygen atoms in total. The molecule has 0 aromatic carbocycles. The molecule has 0 aromatic rings. The van der Waals surface area contributed by atoms with Crippen molar-refractivity contribution in [3.63, 3.8) is 0 Å². The Bertz CT molecular complexity index is 645. The van der Waals surface area contributed by atoms with E-state index in [2.05, 4.69) is 9.47 Å². The van der Waals surface area contributed by atoms with Crippen molar-refractivity contribution in [1.82, 2.24) is 0 Å². The number of methoxy groups -OCH3 is 1. The lowest BCUT2D eigenvalue weighted by Crippen LogP contribution is -2.43. The SMILES string of the molecule is CCC(C)(C)C(=O)OC.CCC(C)(C)C(=O)OCCC(O)CCOC(=O)C(C)(CC)C(F)(F)F. The summed E-state index contributed by atoms with van der Waals surface area (Å²) in [4.78, 5) is 34.3. The molecule has 0 aliphatic heterocycles. The van der Waals surface area contributed by atoms with Crippen molar-refractivity contribution in [3.8, 4) is 0 Å². The number of rotatable bonds is 12. The Morgan fingerprint density at radius 2 is 1.12 bits per heavy atom. The van der Waals surface area contributed by atoms with E-state index in [4.69, 9.17) is 4.74 Å². The van der Waals surface area contributed by atoms with Crippen molar-refractivity contribution in [2.75, 3.05) is 20.3 Å². The standard InChI is InChI=1S/C17H29F3O5.C7H14O2/c1-6-15(3,4)13(22)24-10-8-12(21)9-11-25-14(23)16(5,7-2)17(18,19)20;1-5-7(2,3)6(8)9-4/h12,21H,6-11H2,1-5H3;5H2,1-4H3. The van der Waals surface area contributed by atoms with Gasteiger partial charge < -0.3 is 19.3 Å². The fourth-order valence-corrected chi connectivity index (χ4v) is 2.10. The summed E-state index contributed by atoms with van der Waals surface area (Å²) >= 11 is 0. The van der Waals surface area contributed by atoms with E-state index in [0.717, 1.165) is 13.3 Å². The molecule has 0 rings (SSSR count). The van der Waals surface area contributed by atoms with E-state index < -0.39 is 35.5 Å². The average Bonchev–Trinajstić information content (AvgIpc) is 2.76. The first-order valence-electron chi connectivity index (χ1n) is 11.5. The predicted octanol–water partition coefficient (Wildman–Crippen LogP) is 5.22. The van der Waals surface area contributed by atoms with Gasteiger partial charge in [0.25, 0.3) is 0 Å². The Labute approximate surface area is 201 Å². The molecule has 0 saturated heterocycles. The molecule has 34 heavy (non-hydrogen) atoms. The zero-order chi connectivity index (χ0) is 27.4. The maximum atomic E-state index is 12.9. The number of carbonyl (C=O) groups is 3. The van der Waals surface area contributed by atoms with Crippen molar-refractivity contribution in [2.45, 2.75) is 99.8 Å². The molecule has 0 amide bonds. The summed E-state index contributed by atoms with van der Waals surface area (Å²) in [6.07, 6.45) is -4.55. The van der Waals surface area contributed by atoms with Gasteiger partial charge in [0.15, 0.2) is 5.41 Å². The first-order valence-corrected chi connectivity index (χ1v) is 11.5. The molecular formula is C24H43F3O7. The first kappa shape index (κ1) is 34.3. The molecule has 0 heterocycles. The zero-order valence-electron chi connectivity index (χ0n) is 22.1. The van der Waals surface area contributed by atoms with Gasteiger partial charge in [0.2, 0.25) is 0 Å². The normalized spacial score (nSPS) is 14.7. The average molecular weight is 501 g/mol. The van der Waals surface area contributed by atoms with E-state index >= 15 is 0 Å². The van der Waals surface area contributed by atoms with Gasteiger partial charge in [0.05, 0.1) is 37.3 Å². The van der Waals surface area contributed by atoms with Gasteiger partial charge in [0.1, 0.15) is 0 Å². The van der Waals surface area contributed by atoms with Crippen molar-refractivity contribution in [2.24, 2.45) is 16.2 Å². The summed E-state index contributed by atoms with van der Waals surface area (Å²) < 4.78 is 53.0. The highest BCUT2D eigenvalue weighted by Gasteiger charge is 2.56. The van der Waals surface area contributed by atoms with Gasteiger partial charge in [-0.05, 0) is 53.9 Å². The van der Waals surface area contributed by atoms with Crippen LogP contribution < -0.4 is 0 Å². The summed E-state index contributed by atoms with van der Waals surface area (Å²) in [7, 11) is 1.42. The zero-order valence-corrected chi connectivity index (χ0v) is 22.1. The van der Waals surface area contributed by atoms with Crippen molar-refractivity contribution in [1.29, 1.82) is 0 Å². The minimum atomic E-state index is -4.70. The lowest BCUT2D eigenvalue weighted by molar-refractivity contribution is -0.230. The van der Waals surface area contributed by atoms with Gasteiger partial charge in [-0.2, -0.15) is 13.2 Å². The Morgan fingerprint density at radius 1 is 0.735 bits per heavy atom. The van der Waals surface area contributed by atoms with Crippen LogP contribution >= 0.6 is 0 Å². The van der Waals surface area contributed by atoms with Gasteiger partial charge in [0, 0.05) is 12.8 Å². The highest BCUT2D eigenvalue weighted by atomic mass is 19.4. The van der Waals surface area contributed by atoms with E-state index in [1.165, 1.54) is 14.0 Å². The fraction of sp³-hybridized carbons (Fsp3) is 0.875. The molecule has 10 heteroatoms. The summed E-state index contributed by atoms with van der Waals surface area (Å²) in [6.45, 7) is 12.8. The maximum Gasteiger partial charge on any atom is 0.404 e. The Morgan fingerprint density at radius 3 is 1.41 bits per heavy atom. The van der Waals surface area contributed by atoms with Crippen LogP contribution in [0.4, 0.5) is 13.2 Å². The monoisotopic (exact) mass is 500 g/mol. The second-order valence-corrected chi connectivity index (χ2v) is 9.65. The second-order valence-electron chi connectivity index (χ2n) is 9.65. The van der Waals surface area contributed by atoms with Gasteiger partial charge in [-0.25, -0.2) is 0 Å². The molecule has 2 atom stereocenters. The summed E-state index contributed by atoms with van der Waals surface area (Å²) in [5.41, 5.74) is -3.48. The first-order chi connectivity index (χ1) is 15.4. The van der Waals surface area contributed by atoms with Crippen LogP contribution in [0.25, 0.3) is 0 Å². The number of ether oxygens (including phenoxy) is 3. The van der Waals surface area contributed by atoms with Gasteiger partial charge in [-0.3, -0.25) is 14.4 Å². The number of hydrogen-bond acceptors (Lipinski definition) is 7. The van der Waals surface area contributed by atoms with Crippen LogP contribution in [0.2, 0.25) is 0 Å². The molecule has 0 bridgehead atoms. The minimum absolute atomic E-state index is 0.00734. The molecule has 0 fully saturated rings. The molecule has 0 saturated carbocycles. The molecule has 0 aliphatic carbocycles. The van der Waals surface area contributed by atoms with Crippen LogP contribution in [0, 0.1) is 16.2 Å². The van der Waals surface area contributed by atoms with Crippen molar-refractivity contribution >= 4 is 17.9 Å². The molecule has 202 valence electrons. The van der Waals surface area contributed by atoms with E-state index in [9.17, 15) is 32.7 Å². The maximum absolute atomic E-state index is 12.9. The Hall–Kier alpha value is -1.84. The highest BCUT2D eigenvalue weighted by Crippen LogP contribution is 2.41. The predicted molar refractivity (Wildman–Crippen MR) is 122 cm³/mol. The van der Waals surface area contributed by atoms with E-state index in [1.54, 1.807) is 13.8 Å². The lowest BCUT2D eigenvalue weighted by atomic mass is 9.87. The number of esters is 3. The third-order valence-electron chi connectivity index (χ3n) is 6.21. The number of hydrogen-bond donors (Lipinski definition) is 1. The van der Waals surface area contributed by atoms with Crippen LogP contribution in [0.15, 0.2) is 0 Å². The van der Waals surface area contributed by atoms with Gasteiger partial charge >= 0.3 is 24.1 Å². The number of halogens is 3. The summed E-state index contributed by atoms with van der Waals surface area (Å²) in [6, 6.07) is 0. The van der Waals surface area contributed by atoms with E-state index in [0.29, 0.717) is 6.42 Å². The third-order valence-corrected chi connectivity index (χ3v) is 6.21. The molecule has 0 aromatic heterocycles. The molecule has 0 radical (unpaired) electrons. The lowest BCUT2D eigenvalue weighted by Gasteiger charge is -2.28. The molecule has 0 spiro atoms. The summed E-state index contributed by atoms with van der Waals surface area (Å²) in [5.74, 6) is -1.87. The Kier molecular flexibility index (Phi) is 14.7. The van der Waals surface area contributed by atoms with Crippen molar-refractivity contribution < 1.29 is 46.9 Å². The number of aliphatic hydroxyl groups excluding tert-OH is 1. The van der Waals surface area contributed by atoms with Crippen LogP contribution in [0.3, 0.4) is 0 Å². The second kappa shape index (κ2) is 14.5. The molecule has 0 aliphatic rings. The van der Waals surface area contributed by atoms with E-state index in [1.807, 2.05) is 27.7 Å².